The van der Waals surface area contributed by atoms with E-state index in [1.54, 1.807) is 17.0 Å². The molecular weight excluding hydrogens is 283 g/mol. The van der Waals surface area contributed by atoms with Crippen molar-refractivity contribution in [1.82, 2.24) is 14.9 Å². The molecule has 2 aromatic rings. The van der Waals surface area contributed by atoms with Gasteiger partial charge in [0.05, 0.1) is 0 Å². The van der Waals surface area contributed by atoms with Gasteiger partial charge < -0.3 is 14.6 Å². The molecule has 0 saturated carbocycles. The van der Waals surface area contributed by atoms with Crippen molar-refractivity contribution in [2.75, 3.05) is 6.61 Å². The molecule has 21 heavy (non-hydrogen) atoms. The molecule has 0 atom stereocenters. The van der Waals surface area contributed by atoms with Crippen LogP contribution in [0.5, 0.6) is 0 Å². The molecule has 0 unspecified atom stereocenters. The second-order valence-corrected chi connectivity index (χ2v) is 5.13. The number of pyridine rings is 1. The van der Waals surface area contributed by atoms with E-state index in [0.29, 0.717) is 18.2 Å². The van der Waals surface area contributed by atoms with Crippen LogP contribution in [0.15, 0.2) is 24.5 Å². The van der Waals surface area contributed by atoms with Crippen LogP contribution in [0, 0.1) is 0 Å². The summed E-state index contributed by atoms with van der Waals surface area (Å²) >= 11 is 0. The van der Waals surface area contributed by atoms with Gasteiger partial charge in [0.2, 0.25) is 0 Å². The van der Waals surface area contributed by atoms with Crippen LogP contribution in [0.25, 0.3) is 11.0 Å². The third-order valence-electron chi connectivity index (χ3n) is 2.91. The zero-order chi connectivity index (χ0) is 15.5. The smallest absolute Gasteiger partial charge is 0.351 e. The molecule has 2 heterocycles. The van der Waals surface area contributed by atoms with E-state index in [1.807, 2.05) is 26.0 Å². The van der Waals surface area contributed by atoms with Gasteiger partial charge >= 0.3 is 6.18 Å². The highest BCUT2D eigenvalue weighted by atomic mass is 19.4. The minimum Gasteiger partial charge on any atom is -0.351 e. The number of fused-ring (bicyclic) bond motifs is 1. The van der Waals surface area contributed by atoms with Gasteiger partial charge in [-0.3, -0.25) is 0 Å². The molecule has 0 aromatic carbocycles. The van der Waals surface area contributed by atoms with E-state index in [1.165, 1.54) is 0 Å². The van der Waals surface area contributed by atoms with Crippen molar-refractivity contribution in [2.24, 2.45) is 0 Å². The van der Waals surface area contributed by atoms with Gasteiger partial charge in [0.25, 0.3) is 0 Å². The Bertz CT molecular complexity index is 593. The summed E-state index contributed by atoms with van der Waals surface area (Å²) in [6.45, 7) is 3.26. The molecule has 0 spiro atoms. The molecule has 2 rings (SSSR count). The molecule has 116 valence electrons. The van der Waals surface area contributed by atoms with Crippen LogP contribution in [0.1, 0.15) is 19.4 Å². The normalized spacial score (nSPS) is 12.5. The summed E-state index contributed by atoms with van der Waals surface area (Å²) in [5.74, 6) is 0. The fraction of sp³-hybridized carbons (Fsp3) is 0.500. The molecule has 0 saturated heterocycles. The third-order valence-corrected chi connectivity index (χ3v) is 2.91. The summed E-state index contributed by atoms with van der Waals surface area (Å²) in [6, 6.07) is 4.03. The Labute approximate surface area is 120 Å². The summed E-state index contributed by atoms with van der Waals surface area (Å²) < 4.78 is 42.7. The van der Waals surface area contributed by atoms with Crippen LogP contribution in [-0.2, 0) is 18.0 Å². The minimum absolute atomic E-state index is 0.172. The average molecular weight is 301 g/mol. The fourth-order valence-corrected chi connectivity index (χ4v) is 2.01. The Hall–Kier alpha value is -1.60. The number of ether oxygens (including phenoxy) is 1. The third kappa shape index (κ3) is 4.44. The Morgan fingerprint density at radius 3 is 2.81 bits per heavy atom. The second kappa shape index (κ2) is 6.44. The van der Waals surface area contributed by atoms with Crippen LogP contribution in [0.4, 0.5) is 13.2 Å². The molecule has 0 amide bonds. The highest BCUT2D eigenvalue weighted by Crippen LogP contribution is 2.20. The number of halogens is 3. The second-order valence-electron chi connectivity index (χ2n) is 5.13. The van der Waals surface area contributed by atoms with Crippen molar-refractivity contribution < 1.29 is 17.9 Å². The lowest BCUT2D eigenvalue weighted by Crippen LogP contribution is -2.21. The lowest BCUT2D eigenvalue weighted by atomic mass is 10.2. The van der Waals surface area contributed by atoms with Crippen LogP contribution in [0.3, 0.4) is 0 Å². The van der Waals surface area contributed by atoms with Gasteiger partial charge in [-0.25, -0.2) is 4.98 Å². The standard InChI is InChI=1S/C14H18F3N3O/c1-10(2)19-6-11-7-20(9-21-8-14(15,16)17)13-12(11)4-3-5-18-13/h3-5,7,10,19H,6,8-9H2,1-2H3. The maximum Gasteiger partial charge on any atom is 0.411 e. The highest BCUT2D eigenvalue weighted by molar-refractivity contribution is 5.80. The molecule has 0 fully saturated rings. The summed E-state index contributed by atoms with van der Waals surface area (Å²) in [7, 11) is 0. The zero-order valence-electron chi connectivity index (χ0n) is 11.9. The van der Waals surface area contributed by atoms with E-state index in [2.05, 4.69) is 10.3 Å². The van der Waals surface area contributed by atoms with Crippen molar-refractivity contribution in [3.05, 3.63) is 30.1 Å². The van der Waals surface area contributed by atoms with Gasteiger partial charge in [0, 0.05) is 30.4 Å². The number of aromatic nitrogens is 2. The lowest BCUT2D eigenvalue weighted by molar-refractivity contribution is -0.181. The van der Waals surface area contributed by atoms with Crippen LogP contribution >= 0.6 is 0 Å². The Morgan fingerprint density at radius 1 is 1.38 bits per heavy atom. The summed E-state index contributed by atoms with van der Waals surface area (Å²) in [5, 5.41) is 4.20. The van der Waals surface area contributed by atoms with Gasteiger partial charge in [-0.1, -0.05) is 13.8 Å². The van der Waals surface area contributed by atoms with Crippen molar-refractivity contribution in [3.8, 4) is 0 Å². The number of rotatable bonds is 6. The topological polar surface area (TPSA) is 39.1 Å². The molecule has 0 radical (unpaired) electrons. The van der Waals surface area contributed by atoms with Crippen molar-refractivity contribution >= 4 is 11.0 Å². The highest BCUT2D eigenvalue weighted by Gasteiger charge is 2.27. The zero-order valence-corrected chi connectivity index (χ0v) is 11.9. The predicted molar refractivity (Wildman–Crippen MR) is 73.7 cm³/mol. The molecule has 7 heteroatoms. The molecular formula is C14H18F3N3O. The van der Waals surface area contributed by atoms with E-state index in [4.69, 9.17) is 4.74 Å². The Morgan fingerprint density at radius 2 is 2.14 bits per heavy atom. The lowest BCUT2D eigenvalue weighted by Gasteiger charge is -2.08. The first-order valence-electron chi connectivity index (χ1n) is 6.67. The van der Waals surface area contributed by atoms with Gasteiger partial charge in [0.1, 0.15) is 19.0 Å². The van der Waals surface area contributed by atoms with E-state index < -0.39 is 12.8 Å². The van der Waals surface area contributed by atoms with Gasteiger partial charge in [-0.2, -0.15) is 13.2 Å². The van der Waals surface area contributed by atoms with E-state index in [-0.39, 0.29) is 6.73 Å². The monoisotopic (exact) mass is 301 g/mol. The van der Waals surface area contributed by atoms with Gasteiger partial charge in [-0.05, 0) is 17.7 Å². The van der Waals surface area contributed by atoms with Crippen molar-refractivity contribution in [3.63, 3.8) is 0 Å². The maximum absolute atomic E-state index is 12.1. The van der Waals surface area contributed by atoms with E-state index in [9.17, 15) is 13.2 Å². The summed E-state index contributed by atoms with van der Waals surface area (Å²) in [4.78, 5) is 4.22. The quantitative estimate of drug-likeness (QED) is 0.891. The SMILES string of the molecule is CC(C)NCc1cn(COCC(F)(F)F)c2ncccc12. The number of hydrogen-bond acceptors (Lipinski definition) is 3. The molecule has 0 aliphatic carbocycles. The van der Waals surface area contributed by atoms with E-state index in [0.717, 1.165) is 10.9 Å². The summed E-state index contributed by atoms with van der Waals surface area (Å²) in [5.41, 5.74) is 1.61. The molecule has 0 bridgehead atoms. The predicted octanol–water partition coefficient (Wildman–Crippen LogP) is 3.07. The first-order valence-corrected chi connectivity index (χ1v) is 6.67. The average Bonchev–Trinajstić information content (AvgIpc) is 2.74. The fourth-order valence-electron chi connectivity index (χ4n) is 2.01. The Balaban J connectivity index is 2.15. The first-order chi connectivity index (χ1) is 9.87. The maximum atomic E-state index is 12.1. The largest absolute Gasteiger partial charge is 0.411 e. The van der Waals surface area contributed by atoms with Gasteiger partial charge in [-0.15, -0.1) is 0 Å². The van der Waals surface area contributed by atoms with Gasteiger partial charge in [0.15, 0.2) is 0 Å². The number of nitrogens with one attached hydrogen (secondary N) is 1. The molecule has 0 aliphatic rings. The first kappa shape index (κ1) is 15.8. The minimum atomic E-state index is -4.32. The molecule has 1 N–H and O–H groups in total. The van der Waals surface area contributed by atoms with Crippen LogP contribution in [0.2, 0.25) is 0 Å². The number of hydrogen-bond donors (Lipinski definition) is 1. The van der Waals surface area contributed by atoms with Crippen LogP contribution in [-0.4, -0.2) is 28.4 Å². The van der Waals surface area contributed by atoms with E-state index >= 15 is 0 Å². The number of nitrogens with zero attached hydrogens (tertiary/aromatic N) is 2. The molecule has 4 nitrogen and oxygen atoms in total. The van der Waals surface area contributed by atoms with Crippen molar-refractivity contribution in [2.45, 2.75) is 39.3 Å². The molecule has 0 aliphatic heterocycles. The number of alkyl halides is 3. The Kier molecular flexibility index (Phi) is 4.84. The summed E-state index contributed by atoms with van der Waals surface area (Å²) in [6.07, 6.45) is -0.927. The molecule has 2 aromatic heterocycles. The van der Waals surface area contributed by atoms with Crippen LogP contribution < -0.4 is 5.32 Å². The van der Waals surface area contributed by atoms with Crippen molar-refractivity contribution in [1.29, 1.82) is 0 Å².